The van der Waals surface area contributed by atoms with Crippen LogP contribution in [0.25, 0.3) is 11.3 Å². The number of benzene rings is 2. The molecule has 12 nitrogen and oxygen atoms in total. The van der Waals surface area contributed by atoms with Gasteiger partial charge in [0.1, 0.15) is 29.6 Å². The fourth-order valence-corrected chi connectivity index (χ4v) is 4.00. The summed E-state index contributed by atoms with van der Waals surface area (Å²) in [7, 11) is -2.17. The third-order valence-electron chi connectivity index (χ3n) is 5.32. The molecule has 0 aliphatic rings. The standard InChI is InChI=1S/C24H24FN7O5S/c1-3-38(34,35)32-17-9-6-15(10-18(17)37-13-14-4-7-16(25)8-5-14)22-21(23(26)33)24(31-30-22)29-19-11-28-20(36-2)12-27-19/h4-12,32H,3,13H2,1-2H3,(H2,26,33)(H2,27,29,30,31). The topological polar surface area (TPSA) is 174 Å². The van der Waals surface area contributed by atoms with E-state index < -0.39 is 21.7 Å². The van der Waals surface area contributed by atoms with Gasteiger partial charge in [0.15, 0.2) is 5.82 Å². The molecule has 0 bridgehead atoms. The van der Waals surface area contributed by atoms with Crippen molar-refractivity contribution in [3.8, 4) is 22.9 Å². The number of methoxy groups -OCH3 is 1. The number of carbonyl (C=O) groups is 1. The Labute approximate surface area is 217 Å². The predicted molar refractivity (Wildman–Crippen MR) is 138 cm³/mol. The highest BCUT2D eigenvalue weighted by molar-refractivity contribution is 7.92. The van der Waals surface area contributed by atoms with Crippen molar-refractivity contribution in [3.63, 3.8) is 0 Å². The maximum Gasteiger partial charge on any atom is 0.254 e. The van der Waals surface area contributed by atoms with Crippen LogP contribution in [0.5, 0.6) is 11.6 Å². The van der Waals surface area contributed by atoms with Crippen LogP contribution in [0.3, 0.4) is 0 Å². The van der Waals surface area contributed by atoms with E-state index in [0.717, 1.165) is 0 Å². The second-order valence-corrected chi connectivity index (χ2v) is 9.90. The summed E-state index contributed by atoms with van der Waals surface area (Å²) in [6, 6.07) is 10.3. The number of H-pyrrole nitrogens is 1. The molecular formula is C24H24FN7O5S. The molecule has 14 heteroatoms. The van der Waals surface area contributed by atoms with Gasteiger partial charge in [-0.05, 0) is 36.8 Å². The molecule has 0 spiro atoms. The largest absolute Gasteiger partial charge is 0.487 e. The van der Waals surface area contributed by atoms with Crippen molar-refractivity contribution in [2.45, 2.75) is 13.5 Å². The van der Waals surface area contributed by atoms with Crippen molar-refractivity contribution in [1.29, 1.82) is 0 Å². The van der Waals surface area contributed by atoms with Crippen LogP contribution < -0.4 is 25.2 Å². The number of anilines is 3. The number of ether oxygens (including phenoxy) is 2. The zero-order valence-corrected chi connectivity index (χ0v) is 21.2. The average molecular weight is 542 g/mol. The number of aromatic nitrogens is 4. The van der Waals surface area contributed by atoms with Gasteiger partial charge in [0, 0.05) is 5.56 Å². The highest BCUT2D eigenvalue weighted by atomic mass is 32.2. The molecule has 0 saturated heterocycles. The van der Waals surface area contributed by atoms with Gasteiger partial charge in [0.05, 0.1) is 36.6 Å². The van der Waals surface area contributed by atoms with Crippen LogP contribution in [-0.4, -0.2) is 47.4 Å². The summed E-state index contributed by atoms with van der Waals surface area (Å²) in [5, 5.41) is 9.82. The van der Waals surface area contributed by atoms with E-state index in [0.29, 0.717) is 22.8 Å². The fourth-order valence-electron chi connectivity index (χ4n) is 3.35. The summed E-state index contributed by atoms with van der Waals surface area (Å²) in [5.74, 6) is -0.445. The van der Waals surface area contributed by atoms with Crippen molar-refractivity contribution in [3.05, 3.63) is 71.8 Å². The number of carbonyl (C=O) groups excluding carboxylic acids is 1. The van der Waals surface area contributed by atoms with Crippen molar-refractivity contribution >= 4 is 33.3 Å². The van der Waals surface area contributed by atoms with Gasteiger partial charge >= 0.3 is 0 Å². The van der Waals surface area contributed by atoms with Crippen molar-refractivity contribution < 1.29 is 27.1 Å². The zero-order valence-electron chi connectivity index (χ0n) is 20.4. The molecule has 0 radical (unpaired) electrons. The maximum atomic E-state index is 13.3. The quantitative estimate of drug-likeness (QED) is 0.222. The minimum Gasteiger partial charge on any atom is -0.487 e. The van der Waals surface area contributed by atoms with Crippen LogP contribution in [0.15, 0.2) is 54.9 Å². The summed E-state index contributed by atoms with van der Waals surface area (Å²) in [4.78, 5) is 20.6. The molecule has 4 rings (SSSR count). The molecule has 0 fully saturated rings. The summed E-state index contributed by atoms with van der Waals surface area (Å²) < 4.78 is 51.1. The Hall–Kier alpha value is -4.72. The molecule has 0 atom stereocenters. The lowest BCUT2D eigenvalue weighted by Gasteiger charge is -2.15. The molecule has 2 aromatic carbocycles. The van der Waals surface area contributed by atoms with Gasteiger partial charge in [-0.1, -0.05) is 18.2 Å². The first-order valence-corrected chi connectivity index (χ1v) is 12.9. The monoisotopic (exact) mass is 541 g/mol. The first-order chi connectivity index (χ1) is 18.2. The number of nitrogens with two attached hydrogens (primary N) is 1. The lowest BCUT2D eigenvalue weighted by molar-refractivity contribution is 0.100. The molecule has 2 heterocycles. The first-order valence-electron chi connectivity index (χ1n) is 11.2. The number of amides is 1. The van der Waals surface area contributed by atoms with E-state index >= 15 is 0 Å². The Balaban J connectivity index is 1.69. The number of hydrogen-bond donors (Lipinski definition) is 4. The number of nitrogens with one attached hydrogen (secondary N) is 3. The molecule has 0 unspecified atom stereocenters. The van der Waals surface area contributed by atoms with Crippen LogP contribution in [0.1, 0.15) is 22.8 Å². The number of nitrogens with zero attached hydrogens (tertiary/aromatic N) is 3. The van der Waals surface area contributed by atoms with Crippen LogP contribution in [0, 0.1) is 5.82 Å². The second-order valence-electron chi connectivity index (χ2n) is 7.89. The van der Waals surface area contributed by atoms with Gasteiger partial charge in [0.25, 0.3) is 5.91 Å². The van der Waals surface area contributed by atoms with Gasteiger partial charge in [0.2, 0.25) is 15.9 Å². The highest BCUT2D eigenvalue weighted by Crippen LogP contribution is 2.35. The maximum absolute atomic E-state index is 13.3. The predicted octanol–water partition coefficient (Wildman–Crippen LogP) is 3.20. The Morgan fingerprint density at radius 3 is 2.53 bits per heavy atom. The Morgan fingerprint density at radius 2 is 1.89 bits per heavy atom. The Morgan fingerprint density at radius 1 is 1.13 bits per heavy atom. The third kappa shape index (κ3) is 6.15. The minimum atomic E-state index is -3.62. The molecule has 4 aromatic rings. The van der Waals surface area contributed by atoms with Crippen LogP contribution in [0.2, 0.25) is 0 Å². The molecule has 1 amide bonds. The van der Waals surface area contributed by atoms with Gasteiger partial charge in [-0.15, -0.1) is 0 Å². The Kier molecular flexibility index (Phi) is 7.71. The van der Waals surface area contributed by atoms with Crippen molar-refractivity contribution in [2.75, 3.05) is 22.9 Å². The molecular weight excluding hydrogens is 517 g/mol. The number of rotatable bonds is 11. The van der Waals surface area contributed by atoms with Crippen LogP contribution >= 0.6 is 0 Å². The van der Waals surface area contributed by atoms with E-state index in [1.54, 1.807) is 18.2 Å². The first kappa shape index (κ1) is 26.3. The average Bonchev–Trinajstić information content (AvgIpc) is 3.33. The van der Waals surface area contributed by atoms with E-state index in [9.17, 15) is 17.6 Å². The van der Waals surface area contributed by atoms with Gasteiger partial charge < -0.3 is 20.5 Å². The lowest BCUT2D eigenvalue weighted by atomic mass is 10.1. The summed E-state index contributed by atoms with van der Waals surface area (Å²) in [6.45, 7) is 1.53. The third-order valence-corrected chi connectivity index (χ3v) is 6.61. The lowest BCUT2D eigenvalue weighted by Crippen LogP contribution is -2.15. The molecule has 0 aliphatic heterocycles. The zero-order chi connectivity index (χ0) is 27.3. The molecule has 2 aromatic heterocycles. The number of primary amides is 1. The van der Waals surface area contributed by atoms with E-state index in [1.807, 2.05) is 0 Å². The number of halogens is 1. The van der Waals surface area contributed by atoms with E-state index in [2.05, 4.69) is 30.2 Å². The summed E-state index contributed by atoms with van der Waals surface area (Å²) >= 11 is 0. The SMILES string of the molecule is CCS(=O)(=O)Nc1ccc(-c2[nH]nc(Nc3cnc(OC)cn3)c2C(N)=O)cc1OCc1ccc(F)cc1. The highest BCUT2D eigenvalue weighted by Gasteiger charge is 2.22. The molecule has 0 aliphatic carbocycles. The molecule has 5 N–H and O–H groups in total. The minimum absolute atomic E-state index is 0.0270. The van der Waals surface area contributed by atoms with Gasteiger partial charge in [-0.25, -0.2) is 22.8 Å². The van der Waals surface area contributed by atoms with Crippen LogP contribution in [0.4, 0.5) is 21.7 Å². The Bertz CT molecular complexity index is 1540. The van der Waals surface area contributed by atoms with Gasteiger partial charge in [-0.2, -0.15) is 5.10 Å². The van der Waals surface area contributed by atoms with Gasteiger partial charge in [-0.3, -0.25) is 14.6 Å². The fraction of sp³-hybridized carbons (Fsp3) is 0.167. The molecule has 38 heavy (non-hydrogen) atoms. The molecule has 0 saturated carbocycles. The number of hydrogen-bond acceptors (Lipinski definition) is 9. The smallest absolute Gasteiger partial charge is 0.254 e. The summed E-state index contributed by atoms with van der Waals surface area (Å²) in [6.07, 6.45) is 2.79. The van der Waals surface area contributed by atoms with Crippen molar-refractivity contribution in [2.24, 2.45) is 5.73 Å². The van der Waals surface area contributed by atoms with E-state index in [1.165, 1.54) is 50.7 Å². The van der Waals surface area contributed by atoms with E-state index in [4.69, 9.17) is 15.2 Å². The normalized spacial score (nSPS) is 11.1. The molecule has 198 valence electrons. The summed E-state index contributed by atoms with van der Waals surface area (Å²) in [5.41, 5.74) is 7.25. The number of aromatic amines is 1. The van der Waals surface area contributed by atoms with E-state index in [-0.39, 0.29) is 40.9 Å². The second kappa shape index (κ2) is 11.1. The number of sulfonamides is 1. The van der Waals surface area contributed by atoms with Crippen molar-refractivity contribution in [1.82, 2.24) is 20.2 Å². The van der Waals surface area contributed by atoms with Crippen LogP contribution in [-0.2, 0) is 16.6 Å².